The van der Waals surface area contributed by atoms with Gasteiger partial charge < -0.3 is 29.3 Å². The van der Waals surface area contributed by atoms with Crippen molar-refractivity contribution in [1.29, 1.82) is 0 Å². The van der Waals surface area contributed by atoms with Gasteiger partial charge in [-0.05, 0) is 51.4 Å². The number of nitrogens with zero attached hydrogens (tertiary/aromatic N) is 2. The molecule has 32 heavy (non-hydrogen) atoms. The fourth-order valence-corrected chi connectivity index (χ4v) is 4.07. The molecule has 8 nitrogen and oxygen atoms in total. The lowest BCUT2D eigenvalue weighted by atomic mass is 10.1. The van der Waals surface area contributed by atoms with E-state index in [0.717, 1.165) is 48.4 Å². The van der Waals surface area contributed by atoms with Crippen LogP contribution in [0, 0.1) is 0 Å². The Bertz CT molecular complexity index is 823. The molecule has 1 unspecified atom stereocenters. The van der Waals surface area contributed by atoms with E-state index in [1.807, 2.05) is 24.3 Å². The van der Waals surface area contributed by atoms with Crippen molar-refractivity contribution in [3.05, 3.63) is 41.9 Å². The van der Waals surface area contributed by atoms with Gasteiger partial charge in [0.25, 0.3) is 0 Å². The second-order valence-electron chi connectivity index (χ2n) is 7.68. The zero-order valence-corrected chi connectivity index (χ0v) is 19.6. The van der Waals surface area contributed by atoms with Gasteiger partial charge in [-0.3, -0.25) is 9.89 Å². The number of likely N-dealkylation sites (tertiary alicyclic amines) is 1. The predicted molar refractivity (Wildman–Crippen MR) is 126 cm³/mol. The topological polar surface area (TPSA) is 80.5 Å². The van der Waals surface area contributed by atoms with Crippen molar-refractivity contribution < 1.29 is 18.6 Å². The molecule has 0 radical (unpaired) electrons. The Balaban J connectivity index is 1.67. The lowest BCUT2D eigenvalue weighted by Crippen LogP contribution is -2.39. The van der Waals surface area contributed by atoms with Gasteiger partial charge in [0.2, 0.25) is 0 Å². The van der Waals surface area contributed by atoms with E-state index in [4.69, 9.17) is 23.6 Å². The average molecular weight is 445 g/mol. The molecule has 2 heterocycles. The third-order valence-electron chi connectivity index (χ3n) is 5.70. The summed E-state index contributed by atoms with van der Waals surface area (Å²) in [6.45, 7) is 6.34. The van der Waals surface area contributed by atoms with E-state index >= 15 is 0 Å². The van der Waals surface area contributed by atoms with Crippen LogP contribution < -0.4 is 24.8 Å². The highest BCUT2D eigenvalue weighted by Crippen LogP contribution is 2.34. The quantitative estimate of drug-likeness (QED) is 0.407. The summed E-state index contributed by atoms with van der Waals surface area (Å²) in [6.07, 6.45) is 4.91. The van der Waals surface area contributed by atoms with Gasteiger partial charge in [-0.1, -0.05) is 0 Å². The van der Waals surface area contributed by atoms with Crippen LogP contribution in [0.3, 0.4) is 0 Å². The van der Waals surface area contributed by atoms with Gasteiger partial charge in [-0.25, -0.2) is 0 Å². The van der Waals surface area contributed by atoms with Crippen LogP contribution >= 0.6 is 0 Å². The molecule has 2 N–H and O–H groups in total. The first-order valence-corrected chi connectivity index (χ1v) is 11.3. The van der Waals surface area contributed by atoms with Gasteiger partial charge in [-0.2, -0.15) is 0 Å². The van der Waals surface area contributed by atoms with Crippen molar-refractivity contribution in [3.63, 3.8) is 0 Å². The molecule has 0 bridgehead atoms. The molecule has 0 spiro atoms. The van der Waals surface area contributed by atoms with Gasteiger partial charge in [0.1, 0.15) is 23.0 Å². The van der Waals surface area contributed by atoms with Crippen LogP contribution in [0.2, 0.25) is 0 Å². The van der Waals surface area contributed by atoms with Crippen LogP contribution in [0.1, 0.15) is 37.1 Å². The smallest absolute Gasteiger partial charge is 0.191 e. The Kier molecular flexibility index (Phi) is 9.10. The van der Waals surface area contributed by atoms with E-state index in [9.17, 15) is 0 Å². The molecule has 1 aromatic heterocycles. The number of methoxy groups -OCH3 is 3. The highest BCUT2D eigenvalue weighted by Gasteiger charge is 2.25. The number of nitrogens with one attached hydrogen (secondary N) is 2. The predicted octanol–water partition coefficient (Wildman–Crippen LogP) is 3.24. The van der Waals surface area contributed by atoms with Gasteiger partial charge in [0.15, 0.2) is 5.96 Å². The summed E-state index contributed by atoms with van der Waals surface area (Å²) in [6, 6.07) is 7.90. The highest BCUT2D eigenvalue weighted by molar-refractivity contribution is 5.79. The number of benzene rings is 1. The van der Waals surface area contributed by atoms with E-state index < -0.39 is 0 Å². The summed E-state index contributed by atoms with van der Waals surface area (Å²) in [4.78, 5) is 7.33. The van der Waals surface area contributed by atoms with Crippen LogP contribution in [-0.2, 0) is 6.42 Å². The largest absolute Gasteiger partial charge is 0.496 e. The van der Waals surface area contributed by atoms with E-state index in [0.29, 0.717) is 25.3 Å². The summed E-state index contributed by atoms with van der Waals surface area (Å²) >= 11 is 0. The van der Waals surface area contributed by atoms with Gasteiger partial charge >= 0.3 is 0 Å². The zero-order valence-electron chi connectivity index (χ0n) is 19.6. The molecule has 1 atom stereocenters. The number of guanidine groups is 1. The van der Waals surface area contributed by atoms with Crippen molar-refractivity contribution in [2.45, 2.75) is 32.2 Å². The van der Waals surface area contributed by atoms with Crippen LogP contribution in [0.25, 0.3) is 0 Å². The van der Waals surface area contributed by atoms with Gasteiger partial charge in [0, 0.05) is 30.8 Å². The van der Waals surface area contributed by atoms with Crippen LogP contribution in [0.5, 0.6) is 17.2 Å². The summed E-state index contributed by atoms with van der Waals surface area (Å²) in [5.74, 6) is 3.96. The Hall–Kier alpha value is -2.87. The first-order chi connectivity index (χ1) is 15.7. The van der Waals surface area contributed by atoms with E-state index in [-0.39, 0.29) is 6.04 Å². The average Bonchev–Trinajstić information content (AvgIpc) is 3.54. The lowest BCUT2D eigenvalue weighted by Gasteiger charge is -2.24. The number of rotatable bonds is 11. The van der Waals surface area contributed by atoms with E-state index in [1.165, 1.54) is 12.8 Å². The molecule has 2 aromatic rings. The Labute approximate surface area is 190 Å². The highest BCUT2D eigenvalue weighted by atomic mass is 16.5. The fraction of sp³-hybridized carbons (Fsp3) is 0.542. The normalized spacial score (nSPS) is 15.4. The molecule has 0 amide bonds. The third-order valence-corrected chi connectivity index (χ3v) is 5.70. The Morgan fingerprint density at radius 3 is 2.38 bits per heavy atom. The summed E-state index contributed by atoms with van der Waals surface area (Å²) in [5, 5.41) is 6.78. The summed E-state index contributed by atoms with van der Waals surface area (Å²) in [5.41, 5.74) is 0.990. The third kappa shape index (κ3) is 6.09. The molecule has 1 saturated heterocycles. The Morgan fingerprint density at radius 1 is 1.09 bits per heavy atom. The first-order valence-electron chi connectivity index (χ1n) is 11.3. The maximum absolute atomic E-state index is 5.72. The molecule has 1 aliphatic rings. The van der Waals surface area contributed by atoms with Crippen LogP contribution in [0.4, 0.5) is 0 Å². The monoisotopic (exact) mass is 444 g/mol. The molecule has 0 saturated carbocycles. The Morgan fingerprint density at radius 2 is 1.81 bits per heavy atom. The second kappa shape index (κ2) is 12.2. The maximum Gasteiger partial charge on any atom is 0.191 e. The minimum atomic E-state index is 0.157. The van der Waals surface area contributed by atoms with Gasteiger partial charge in [0.05, 0.1) is 40.2 Å². The molecule has 0 aliphatic carbocycles. The molecule has 176 valence electrons. The summed E-state index contributed by atoms with van der Waals surface area (Å²) < 4.78 is 22.2. The first kappa shape index (κ1) is 23.8. The van der Waals surface area contributed by atoms with Crippen molar-refractivity contribution >= 4 is 5.96 Å². The van der Waals surface area contributed by atoms with Crippen molar-refractivity contribution in [2.24, 2.45) is 4.99 Å². The lowest BCUT2D eigenvalue weighted by molar-refractivity contribution is 0.221. The van der Waals surface area contributed by atoms with Crippen molar-refractivity contribution in [1.82, 2.24) is 15.5 Å². The zero-order chi connectivity index (χ0) is 22.8. The van der Waals surface area contributed by atoms with E-state index in [1.54, 1.807) is 27.6 Å². The number of hydrogen-bond acceptors (Lipinski definition) is 6. The standard InChI is InChI=1S/C24H36N4O4/c1-5-25-24(27-17-20(21-9-8-14-32-21)28-12-6-7-13-28)26-11-10-19-22(30-3)15-18(29-2)16-23(19)31-4/h8-9,14-16,20H,5-7,10-13,17H2,1-4H3,(H2,25,26,27). The molecule has 1 aliphatic heterocycles. The van der Waals surface area contributed by atoms with Gasteiger partial charge in [-0.15, -0.1) is 0 Å². The van der Waals surface area contributed by atoms with Crippen LogP contribution in [0.15, 0.2) is 39.9 Å². The van der Waals surface area contributed by atoms with Crippen LogP contribution in [-0.4, -0.2) is 64.9 Å². The number of aliphatic imine (C=N–C) groups is 1. The van der Waals surface area contributed by atoms with Crippen molar-refractivity contribution in [3.8, 4) is 17.2 Å². The minimum Gasteiger partial charge on any atom is -0.496 e. The molecular formula is C24H36N4O4. The minimum absolute atomic E-state index is 0.157. The fourth-order valence-electron chi connectivity index (χ4n) is 4.07. The maximum atomic E-state index is 5.72. The summed E-state index contributed by atoms with van der Waals surface area (Å²) in [7, 11) is 4.94. The van der Waals surface area contributed by atoms with Crippen molar-refractivity contribution in [2.75, 3.05) is 54.1 Å². The van der Waals surface area contributed by atoms with E-state index in [2.05, 4.69) is 22.5 Å². The number of hydrogen-bond donors (Lipinski definition) is 2. The second-order valence-corrected chi connectivity index (χ2v) is 7.68. The molecular weight excluding hydrogens is 408 g/mol. The molecule has 3 rings (SSSR count). The number of furan rings is 1. The number of ether oxygens (including phenoxy) is 3. The molecule has 8 heteroatoms. The molecule has 1 aromatic carbocycles. The molecule has 1 fully saturated rings. The SMILES string of the molecule is CCNC(=NCC(c1ccco1)N1CCCC1)NCCc1c(OC)cc(OC)cc1OC.